The molecule has 0 saturated heterocycles. The summed E-state index contributed by atoms with van der Waals surface area (Å²) in [7, 11) is 3.74. The van der Waals surface area contributed by atoms with Crippen molar-refractivity contribution in [3.05, 3.63) is 0 Å². The van der Waals surface area contributed by atoms with Crippen LogP contribution >= 0.6 is 0 Å². The molecule has 1 amide bonds. The molecule has 0 aromatic heterocycles. The van der Waals surface area contributed by atoms with Gasteiger partial charge in [0, 0.05) is 13.0 Å². The van der Waals surface area contributed by atoms with Crippen molar-refractivity contribution in [1.82, 2.24) is 10.2 Å². The van der Waals surface area contributed by atoms with Crippen LogP contribution in [0.4, 0.5) is 0 Å². The summed E-state index contributed by atoms with van der Waals surface area (Å²) < 4.78 is 0. The standard InChI is InChI=1S/C11H22N2O3/c1-5-11(6-2,10(15)16)12-9(14)7-8-13(3)4/h5-8H2,1-4H3,(H,12,14)(H,15,16). The lowest BCUT2D eigenvalue weighted by atomic mass is 9.93. The first-order valence-corrected chi connectivity index (χ1v) is 5.57. The monoisotopic (exact) mass is 230 g/mol. The number of carboxylic acid groups (broad SMARTS) is 1. The Morgan fingerprint density at radius 3 is 2.06 bits per heavy atom. The zero-order valence-electron chi connectivity index (χ0n) is 10.5. The van der Waals surface area contributed by atoms with Gasteiger partial charge in [-0.05, 0) is 26.9 Å². The van der Waals surface area contributed by atoms with Gasteiger partial charge in [-0.15, -0.1) is 0 Å². The molecule has 0 atom stereocenters. The summed E-state index contributed by atoms with van der Waals surface area (Å²) in [5.74, 6) is -1.17. The Bertz CT molecular complexity index is 248. The molecule has 94 valence electrons. The summed E-state index contributed by atoms with van der Waals surface area (Å²) in [5, 5.41) is 11.7. The molecule has 5 nitrogen and oxygen atoms in total. The molecule has 0 aromatic rings. The first-order chi connectivity index (χ1) is 7.38. The molecule has 0 aliphatic rings. The summed E-state index contributed by atoms with van der Waals surface area (Å²) in [6.07, 6.45) is 1.11. The molecule has 0 aliphatic carbocycles. The molecule has 0 aromatic carbocycles. The molecule has 0 unspecified atom stereocenters. The SMILES string of the molecule is CCC(CC)(NC(=O)CCN(C)C)C(=O)O. The molecule has 0 heterocycles. The highest BCUT2D eigenvalue weighted by Crippen LogP contribution is 2.15. The van der Waals surface area contributed by atoms with Crippen LogP contribution < -0.4 is 5.32 Å². The van der Waals surface area contributed by atoms with Gasteiger partial charge < -0.3 is 15.3 Å². The van der Waals surface area contributed by atoms with Crippen LogP contribution in [0.5, 0.6) is 0 Å². The number of rotatable bonds is 7. The summed E-state index contributed by atoms with van der Waals surface area (Å²) in [6, 6.07) is 0. The molecule has 5 heteroatoms. The van der Waals surface area contributed by atoms with E-state index < -0.39 is 11.5 Å². The Labute approximate surface area is 96.8 Å². The lowest BCUT2D eigenvalue weighted by Crippen LogP contribution is -2.54. The first kappa shape index (κ1) is 14.9. The maximum absolute atomic E-state index is 11.6. The predicted molar refractivity (Wildman–Crippen MR) is 62.3 cm³/mol. The molecule has 0 radical (unpaired) electrons. The van der Waals surface area contributed by atoms with Gasteiger partial charge in [-0.3, -0.25) is 4.79 Å². The van der Waals surface area contributed by atoms with E-state index in [1.807, 2.05) is 19.0 Å². The first-order valence-electron chi connectivity index (χ1n) is 5.57. The Kier molecular flexibility index (Phi) is 6.03. The highest BCUT2D eigenvalue weighted by atomic mass is 16.4. The van der Waals surface area contributed by atoms with Gasteiger partial charge in [0.05, 0.1) is 0 Å². The van der Waals surface area contributed by atoms with Crippen LogP contribution in [0, 0.1) is 0 Å². The Balaban J connectivity index is 4.41. The second-order valence-corrected chi connectivity index (χ2v) is 4.20. The van der Waals surface area contributed by atoms with Crippen LogP contribution in [-0.4, -0.2) is 48.1 Å². The van der Waals surface area contributed by atoms with Crippen molar-refractivity contribution in [1.29, 1.82) is 0 Å². The summed E-state index contributed by atoms with van der Waals surface area (Å²) in [5.41, 5.74) is -1.11. The number of nitrogens with one attached hydrogen (secondary N) is 1. The van der Waals surface area contributed by atoms with Gasteiger partial charge in [0.15, 0.2) is 0 Å². The molecule has 16 heavy (non-hydrogen) atoms. The highest BCUT2D eigenvalue weighted by molar-refractivity contribution is 5.86. The van der Waals surface area contributed by atoms with E-state index in [1.165, 1.54) is 0 Å². The second kappa shape index (κ2) is 6.48. The fourth-order valence-electron chi connectivity index (χ4n) is 1.44. The molecular formula is C11H22N2O3. The number of amides is 1. The molecule has 0 bridgehead atoms. The highest BCUT2D eigenvalue weighted by Gasteiger charge is 2.36. The van der Waals surface area contributed by atoms with Crippen LogP contribution in [0.1, 0.15) is 33.1 Å². The van der Waals surface area contributed by atoms with Gasteiger partial charge in [0.1, 0.15) is 5.54 Å². The van der Waals surface area contributed by atoms with Crippen LogP contribution in [0.3, 0.4) is 0 Å². The molecule has 2 N–H and O–H groups in total. The lowest BCUT2D eigenvalue weighted by Gasteiger charge is -2.28. The largest absolute Gasteiger partial charge is 0.480 e. The summed E-state index contributed by atoms with van der Waals surface area (Å²) >= 11 is 0. The average Bonchev–Trinajstić information content (AvgIpc) is 2.22. The van der Waals surface area contributed by atoms with Crippen LogP contribution in [-0.2, 0) is 9.59 Å². The number of aliphatic carboxylic acids is 1. The van der Waals surface area contributed by atoms with E-state index in [0.717, 1.165) is 0 Å². The van der Waals surface area contributed by atoms with Crippen molar-refractivity contribution in [2.75, 3.05) is 20.6 Å². The molecular weight excluding hydrogens is 208 g/mol. The van der Waals surface area contributed by atoms with Crippen LogP contribution in [0.15, 0.2) is 0 Å². The Hall–Kier alpha value is -1.10. The number of carbonyl (C=O) groups is 2. The van der Waals surface area contributed by atoms with E-state index in [0.29, 0.717) is 25.8 Å². The van der Waals surface area contributed by atoms with Gasteiger partial charge in [-0.25, -0.2) is 4.79 Å². The van der Waals surface area contributed by atoms with Gasteiger partial charge >= 0.3 is 5.97 Å². The zero-order valence-corrected chi connectivity index (χ0v) is 10.5. The zero-order chi connectivity index (χ0) is 12.8. The molecule has 0 spiro atoms. The molecule has 0 aliphatic heterocycles. The lowest BCUT2D eigenvalue weighted by molar-refractivity contribution is -0.148. The van der Waals surface area contributed by atoms with Gasteiger partial charge in [0.25, 0.3) is 0 Å². The van der Waals surface area contributed by atoms with Crippen molar-refractivity contribution < 1.29 is 14.7 Å². The fraction of sp³-hybridized carbons (Fsp3) is 0.818. The minimum Gasteiger partial charge on any atom is -0.480 e. The number of hydrogen-bond donors (Lipinski definition) is 2. The number of carbonyl (C=O) groups excluding carboxylic acids is 1. The molecule has 0 rings (SSSR count). The van der Waals surface area contributed by atoms with Gasteiger partial charge in [0.2, 0.25) is 5.91 Å². The van der Waals surface area contributed by atoms with Gasteiger partial charge in [-0.1, -0.05) is 13.8 Å². The number of hydrogen-bond acceptors (Lipinski definition) is 3. The van der Waals surface area contributed by atoms with Crippen molar-refractivity contribution in [2.24, 2.45) is 0 Å². The maximum Gasteiger partial charge on any atom is 0.329 e. The van der Waals surface area contributed by atoms with Gasteiger partial charge in [-0.2, -0.15) is 0 Å². The third-order valence-electron chi connectivity index (χ3n) is 2.78. The topological polar surface area (TPSA) is 69.6 Å². The maximum atomic E-state index is 11.6. The van der Waals surface area contributed by atoms with E-state index in [2.05, 4.69) is 5.32 Å². The van der Waals surface area contributed by atoms with Crippen LogP contribution in [0.2, 0.25) is 0 Å². The number of carboxylic acids is 1. The third-order valence-corrected chi connectivity index (χ3v) is 2.78. The van der Waals surface area contributed by atoms with Crippen molar-refractivity contribution >= 4 is 11.9 Å². The van der Waals surface area contributed by atoms with Crippen LogP contribution in [0.25, 0.3) is 0 Å². The van der Waals surface area contributed by atoms with Crippen molar-refractivity contribution in [3.63, 3.8) is 0 Å². The predicted octanol–water partition coefficient (Wildman–Crippen LogP) is 0.698. The Morgan fingerprint density at radius 2 is 1.75 bits per heavy atom. The van der Waals surface area contributed by atoms with E-state index in [1.54, 1.807) is 13.8 Å². The average molecular weight is 230 g/mol. The van der Waals surface area contributed by atoms with Crippen molar-refractivity contribution in [2.45, 2.75) is 38.6 Å². The summed E-state index contributed by atoms with van der Waals surface area (Å²) in [6.45, 7) is 4.16. The fourth-order valence-corrected chi connectivity index (χ4v) is 1.44. The normalized spacial score (nSPS) is 11.6. The number of nitrogens with zero attached hydrogens (tertiary/aromatic N) is 1. The quantitative estimate of drug-likeness (QED) is 0.675. The van der Waals surface area contributed by atoms with E-state index in [4.69, 9.17) is 5.11 Å². The third kappa shape index (κ3) is 4.18. The molecule has 0 fully saturated rings. The minimum atomic E-state index is -1.11. The van der Waals surface area contributed by atoms with E-state index in [9.17, 15) is 9.59 Å². The summed E-state index contributed by atoms with van der Waals surface area (Å²) in [4.78, 5) is 24.6. The Morgan fingerprint density at radius 1 is 1.25 bits per heavy atom. The minimum absolute atomic E-state index is 0.209. The van der Waals surface area contributed by atoms with Crippen molar-refractivity contribution in [3.8, 4) is 0 Å². The smallest absolute Gasteiger partial charge is 0.329 e. The van der Waals surface area contributed by atoms with E-state index in [-0.39, 0.29) is 5.91 Å². The van der Waals surface area contributed by atoms with E-state index >= 15 is 0 Å². The molecule has 0 saturated carbocycles. The second-order valence-electron chi connectivity index (χ2n) is 4.20.